The van der Waals surface area contributed by atoms with E-state index in [1.165, 1.54) is 0 Å². The molecule has 2 bridgehead atoms. The van der Waals surface area contributed by atoms with Crippen LogP contribution in [0.1, 0.15) is 63.7 Å². The minimum Gasteiger partial charge on any atom is -0.455 e. The average molecular weight is 582 g/mol. The summed E-state index contributed by atoms with van der Waals surface area (Å²) in [5, 5.41) is 13.0. The maximum Gasteiger partial charge on any atom is 0.338 e. The Hall–Kier alpha value is -2.10. The van der Waals surface area contributed by atoms with E-state index >= 15 is 4.79 Å². The lowest BCUT2D eigenvalue weighted by Gasteiger charge is -2.65. The first-order valence-electron chi connectivity index (χ1n) is 15.7. The number of rotatable bonds is 6. The molecule has 2 unspecified atom stereocenters. The van der Waals surface area contributed by atoms with Crippen molar-refractivity contribution < 1.29 is 33.6 Å². The quantitative estimate of drug-likeness (QED) is 0.397. The fraction of sp³-hybridized carbons (Fsp3) is 0.706. The molecular formula is C34H47NO7. The third-order valence-electron chi connectivity index (χ3n) is 11.7. The number of hydrogen-bond donors (Lipinski definition) is 1. The van der Waals surface area contributed by atoms with E-state index in [-0.39, 0.29) is 23.7 Å². The molecule has 6 rings (SSSR count). The van der Waals surface area contributed by atoms with Crippen molar-refractivity contribution >= 4 is 11.8 Å². The van der Waals surface area contributed by atoms with E-state index in [1.54, 1.807) is 19.2 Å². The molecule has 1 aromatic carbocycles. The molecule has 1 N–H and O–H groups in total. The van der Waals surface area contributed by atoms with Crippen molar-refractivity contribution in [2.75, 3.05) is 46.6 Å². The maximum atomic E-state index is 15.3. The van der Waals surface area contributed by atoms with Gasteiger partial charge in [0, 0.05) is 49.8 Å². The van der Waals surface area contributed by atoms with Crippen molar-refractivity contribution in [3.63, 3.8) is 0 Å². The highest BCUT2D eigenvalue weighted by Crippen LogP contribution is 2.63. The van der Waals surface area contributed by atoms with Gasteiger partial charge in [-0.25, -0.2) is 4.79 Å². The van der Waals surface area contributed by atoms with Gasteiger partial charge in [0.1, 0.15) is 17.5 Å². The Morgan fingerprint density at radius 2 is 1.86 bits per heavy atom. The van der Waals surface area contributed by atoms with Crippen LogP contribution in [0.25, 0.3) is 0 Å². The van der Waals surface area contributed by atoms with E-state index in [0.717, 1.165) is 30.8 Å². The lowest BCUT2D eigenvalue weighted by molar-refractivity contribution is -0.275. The summed E-state index contributed by atoms with van der Waals surface area (Å²) in [7, 11) is 1.66. The van der Waals surface area contributed by atoms with E-state index in [2.05, 4.69) is 25.7 Å². The minimum absolute atomic E-state index is 0.0211. The molecule has 2 aliphatic heterocycles. The Kier molecular flexibility index (Phi) is 7.93. The van der Waals surface area contributed by atoms with Gasteiger partial charge in [0.05, 0.1) is 43.0 Å². The van der Waals surface area contributed by atoms with Gasteiger partial charge in [-0.2, -0.15) is 0 Å². The molecule has 8 nitrogen and oxygen atoms in total. The molecule has 8 atom stereocenters. The lowest BCUT2D eigenvalue weighted by atomic mass is 9.44. The molecule has 4 fully saturated rings. The van der Waals surface area contributed by atoms with Crippen LogP contribution >= 0.6 is 0 Å². The summed E-state index contributed by atoms with van der Waals surface area (Å²) in [5.41, 5.74) is -0.563. The molecule has 8 heteroatoms. The van der Waals surface area contributed by atoms with Crippen LogP contribution in [-0.2, 0) is 23.7 Å². The summed E-state index contributed by atoms with van der Waals surface area (Å²) in [6.45, 7) is 12.6. The van der Waals surface area contributed by atoms with E-state index in [0.29, 0.717) is 51.1 Å². The number of aliphatic hydroxyl groups is 1. The molecule has 0 radical (unpaired) electrons. The van der Waals surface area contributed by atoms with Gasteiger partial charge in [0.2, 0.25) is 0 Å². The zero-order chi connectivity index (χ0) is 29.9. The molecule has 230 valence electrons. The van der Waals surface area contributed by atoms with Crippen molar-refractivity contribution in [2.45, 2.75) is 77.3 Å². The molecule has 1 aromatic rings. The van der Waals surface area contributed by atoms with Gasteiger partial charge in [-0.3, -0.25) is 9.69 Å². The first-order chi connectivity index (χ1) is 20.0. The van der Waals surface area contributed by atoms with Crippen molar-refractivity contribution in [3.8, 4) is 0 Å². The van der Waals surface area contributed by atoms with Crippen LogP contribution in [0.5, 0.6) is 0 Å². The zero-order valence-electron chi connectivity index (χ0n) is 25.8. The summed E-state index contributed by atoms with van der Waals surface area (Å²) in [5.74, 6) is -1.18. The first kappa shape index (κ1) is 29.9. The second-order valence-corrected chi connectivity index (χ2v) is 13.9. The summed E-state index contributed by atoms with van der Waals surface area (Å²) in [6, 6.07) is 8.94. The number of esters is 1. The average Bonchev–Trinajstić information content (AvgIpc) is 2.97. The number of hydrogen-bond acceptors (Lipinski definition) is 8. The van der Waals surface area contributed by atoms with Gasteiger partial charge in [-0.1, -0.05) is 43.2 Å². The molecule has 3 aliphatic carbocycles. The molecule has 2 saturated carbocycles. The van der Waals surface area contributed by atoms with Crippen LogP contribution < -0.4 is 0 Å². The highest BCUT2D eigenvalue weighted by Gasteiger charge is 2.71. The van der Waals surface area contributed by atoms with Gasteiger partial charge < -0.3 is 24.1 Å². The molecular weight excluding hydrogens is 534 g/mol. The molecule has 0 amide bonds. The molecule has 42 heavy (non-hydrogen) atoms. The summed E-state index contributed by atoms with van der Waals surface area (Å²) in [6.07, 6.45) is 0.945. The third-order valence-corrected chi connectivity index (χ3v) is 11.7. The molecule has 0 aromatic heterocycles. The number of carbonyl (C=O) groups excluding carboxylic acids is 2. The number of fused-ring (bicyclic) bond motifs is 5. The van der Waals surface area contributed by atoms with Gasteiger partial charge in [0.15, 0.2) is 0 Å². The predicted octanol–water partition coefficient (Wildman–Crippen LogP) is 4.06. The van der Waals surface area contributed by atoms with E-state index in [1.807, 2.05) is 25.1 Å². The standard InChI is InChI=1S/C34H47NO7/c1-21-11-13-34(38)30(42-31(37)22-9-7-6-8-10-22)28-24-20-41-25(24)19-26(39-5)33(28,4)29(36)23(27(21)32(34,2)3)12-14-35-15-17-40-18-16-35/h6-10,23-26,28,30,38H,11-20H2,1-5H3/t23-,24-,25-,26+,28?,30?,33-,34-/m1/s1. The van der Waals surface area contributed by atoms with Crippen LogP contribution in [0.15, 0.2) is 41.5 Å². The van der Waals surface area contributed by atoms with E-state index in [9.17, 15) is 9.90 Å². The van der Waals surface area contributed by atoms with Gasteiger partial charge in [-0.15, -0.1) is 0 Å². The molecule has 2 saturated heterocycles. The van der Waals surface area contributed by atoms with Crippen molar-refractivity contribution in [1.29, 1.82) is 0 Å². The van der Waals surface area contributed by atoms with Crippen molar-refractivity contribution in [3.05, 3.63) is 47.0 Å². The lowest BCUT2D eigenvalue weighted by Crippen LogP contribution is -2.73. The highest BCUT2D eigenvalue weighted by atomic mass is 16.6. The Labute approximate surface area is 249 Å². The van der Waals surface area contributed by atoms with Crippen LogP contribution in [0.2, 0.25) is 0 Å². The van der Waals surface area contributed by atoms with E-state index < -0.39 is 40.5 Å². The van der Waals surface area contributed by atoms with Crippen LogP contribution in [0, 0.1) is 28.6 Å². The van der Waals surface area contributed by atoms with E-state index in [4.69, 9.17) is 18.9 Å². The Bertz CT molecular complexity index is 1220. The number of allylic oxidation sites excluding steroid dienone is 1. The van der Waals surface area contributed by atoms with Gasteiger partial charge in [-0.05, 0) is 51.8 Å². The first-order valence-corrected chi connectivity index (χ1v) is 15.7. The molecule has 0 spiro atoms. The van der Waals surface area contributed by atoms with Crippen molar-refractivity contribution in [1.82, 2.24) is 4.90 Å². The van der Waals surface area contributed by atoms with Crippen LogP contribution in [0.4, 0.5) is 0 Å². The second kappa shape index (κ2) is 11.1. The number of ketones is 1. The summed E-state index contributed by atoms with van der Waals surface area (Å²) >= 11 is 0. The van der Waals surface area contributed by atoms with Crippen molar-refractivity contribution in [2.24, 2.45) is 28.6 Å². The largest absolute Gasteiger partial charge is 0.455 e. The number of nitrogens with zero attached hydrogens (tertiary/aromatic N) is 1. The number of carbonyl (C=O) groups is 2. The third kappa shape index (κ3) is 4.52. The smallest absolute Gasteiger partial charge is 0.338 e. The molecule has 2 heterocycles. The zero-order valence-corrected chi connectivity index (χ0v) is 25.8. The minimum atomic E-state index is -1.38. The fourth-order valence-corrected chi connectivity index (χ4v) is 9.21. The number of methoxy groups -OCH3 is 1. The predicted molar refractivity (Wildman–Crippen MR) is 157 cm³/mol. The number of benzene rings is 1. The summed E-state index contributed by atoms with van der Waals surface area (Å²) in [4.78, 5) is 31.4. The summed E-state index contributed by atoms with van der Waals surface area (Å²) < 4.78 is 24.2. The second-order valence-electron chi connectivity index (χ2n) is 13.9. The normalized spacial score (nSPS) is 39.8. The molecule has 5 aliphatic rings. The maximum absolute atomic E-state index is 15.3. The number of ether oxygens (including phenoxy) is 4. The fourth-order valence-electron chi connectivity index (χ4n) is 9.21. The number of Topliss-reactive ketones (excluding diaryl/α,β-unsaturated/α-hetero) is 1. The van der Waals surface area contributed by atoms with Gasteiger partial charge in [0.25, 0.3) is 0 Å². The SMILES string of the molecule is CO[C@H]1C[C@H]2OC[C@H]2C2C(OC(=O)c3ccccc3)[C@]3(O)CCC(C)=C([C@@H](CCN4CCOCC4)C(=O)[C@@]21C)C3(C)C. The Morgan fingerprint density at radius 3 is 2.50 bits per heavy atom. The Morgan fingerprint density at radius 1 is 1.14 bits per heavy atom. The Balaban J connectivity index is 1.50. The topological polar surface area (TPSA) is 94.5 Å². The monoisotopic (exact) mass is 581 g/mol. The van der Waals surface area contributed by atoms with Crippen LogP contribution in [0.3, 0.4) is 0 Å². The highest BCUT2D eigenvalue weighted by molar-refractivity contribution is 5.92. The van der Waals surface area contributed by atoms with Crippen LogP contribution in [-0.4, -0.2) is 92.2 Å². The van der Waals surface area contributed by atoms with Gasteiger partial charge >= 0.3 is 5.97 Å². The number of morpholine rings is 1.